The minimum atomic E-state index is -0.145. The maximum atomic E-state index is 12.5. The van der Waals surface area contributed by atoms with Gasteiger partial charge in [0.15, 0.2) is 11.0 Å². The van der Waals surface area contributed by atoms with Crippen LogP contribution in [0.5, 0.6) is 11.5 Å². The first-order valence-corrected chi connectivity index (χ1v) is 10.9. The quantitative estimate of drug-likeness (QED) is 0.396. The van der Waals surface area contributed by atoms with Crippen molar-refractivity contribution in [1.82, 2.24) is 14.8 Å². The molecule has 0 aliphatic heterocycles. The lowest BCUT2D eigenvalue weighted by molar-refractivity contribution is -0.113. The third-order valence-corrected chi connectivity index (χ3v) is 5.59. The van der Waals surface area contributed by atoms with Crippen LogP contribution in [-0.4, -0.2) is 40.6 Å². The Hall–Kier alpha value is -3.78. The van der Waals surface area contributed by atoms with Crippen LogP contribution in [0, 0.1) is 0 Å². The number of nitrogens with zero attached hydrogens (tertiary/aromatic N) is 3. The smallest absolute Gasteiger partial charge is 0.234 e. The van der Waals surface area contributed by atoms with Crippen LogP contribution in [0.3, 0.4) is 0 Å². The first-order valence-electron chi connectivity index (χ1n) is 9.90. The number of benzene rings is 3. The van der Waals surface area contributed by atoms with Crippen LogP contribution in [0.2, 0.25) is 0 Å². The first kappa shape index (κ1) is 21.5. The summed E-state index contributed by atoms with van der Waals surface area (Å²) in [7, 11) is 3.22. The molecule has 32 heavy (non-hydrogen) atoms. The highest BCUT2D eigenvalue weighted by Gasteiger charge is 2.18. The number of carbonyl (C=O) groups excluding carboxylic acids is 1. The van der Waals surface area contributed by atoms with Gasteiger partial charge in [0.2, 0.25) is 5.91 Å². The van der Waals surface area contributed by atoms with Gasteiger partial charge in [-0.3, -0.25) is 9.36 Å². The number of amides is 1. The lowest BCUT2D eigenvalue weighted by atomic mass is 10.2. The van der Waals surface area contributed by atoms with E-state index >= 15 is 0 Å². The van der Waals surface area contributed by atoms with E-state index in [9.17, 15) is 4.79 Å². The van der Waals surface area contributed by atoms with Gasteiger partial charge in [-0.25, -0.2) is 0 Å². The normalized spacial score (nSPS) is 10.6. The van der Waals surface area contributed by atoms with Crippen molar-refractivity contribution in [1.29, 1.82) is 0 Å². The van der Waals surface area contributed by atoms with Crippen LogP contribution in [0.25, 0.3) is 17.1 Å². The van der Waals surface area contributed by atoms with E-state index in [-0.39, 0.29) is 11.7 Å². The molecule has 1 aromatic heterocycles. The fourth-order valence-corrected chi connectivity index (χ4v) is 3.90. The second kappa shape index (κ2) is 10.0. The molecule has 7 nitrogen and oxygen atoms in total. The second-order valence-electron chi connectivity index (χ2n) is 6.78. The SMILES string of the molecule is COc1cccc(NC(=O)CSc2nnc(-c3cccc(OC)c3)n2-c2ccccc2)c1. The molecule has 0 aliphatic rings. The maximum Gasteiger partial charge on any atom is 0.234 e. The zero-order valence-electron chi connectivity index (χ0n) is 17.7. The molecule has 0 spiro atoms. The number of nitrogens with one attached hydrogen (secondary N) is 1. The number of thioether (sulfide) groups is 1. The minimum absolute atomic E-state index is 0.145. The number of rotatable bonds is 8. The Morgan fingerprint density at radius 1 is 0.906 bits per heavy atom. The number of methoxy groups -OCH3 is 2. The summed E-state index contributed by atoms with van der Waals surface area (Å²) in [6, 6.07) is 24.7. The molecule has 162 valence electrons. The van der Waals surface area contributed by atoms with Crippen molar-refractivity contribution in [2.75, 3.05) is 25.3 Å². The third-order valence-electron chi connectivity index (χ3n) is 4.66. The molecule has 1 heterocycles. The Labute approximate surface area is 190 Å². The molecule has 1 amide bonds. The molecule has 0 unspecified atom stereocenters. The van der Waals surface area contributed by atoms with Crippen LogP contribution < -0.4 is 14.8 Å². The van der Waals surface area contributed by atoms with E-state index in [0.29, 0.717) is 22.4 Å². The van der Waals surface area contributed by atoms with Gasteiger partial charge in [-0.2, -0.15) is 0 Å². The van der Waals surface area contributed by atoms with Crippen LogP contribution >= 0.6 is 11.8 Å². The Morgan fingerprint density at radius 2 is 1.62 bits per heavy atom. The number of hydrogen-bond donors (Lipinski definition) is 1. The Bertz CT molecular complexity index is 1210. The van der Waals surface area contributed by atoms with Crippen molar-refractivity contribution in [3.63, 3.8) is 0 Å². The van der Waals surface area contributed by atoms with Gasteiger partial charge in [0.1, 0.15) is 11.5 Å². The largest absolute Gasteiger partial charge is 0.497 e. The second-order valence-corrected chi connectivity index (χ2v) is 7.72. The zero-order chi connectivity index (χ0) is 22.3. The van der Waals surface area contributed by atoms with Gasteiger partial charge < -0.3 is 14.8 Å². The molecular formula is C24H22N4O3S. The summed E-state index contributed by atoms with van der Waals surface area (Å²) in [6.07, 6.45) is 0. The van der Waals surface area contributed by atoms with Crippen molar-refractivity contribution in [3.8, 4) is 28.6 Å². The summed E-state index contributed by atoms with van der Waals surface area (Å²) in [6.45, 7) is 0. The highest BCUT2D eigenvalue weighted by atomic mass is 32.2. The molecule has 0 saturated carbocycles. The highest BCUT2D eigenvalue weighted by molar-refractivity contribution is 7.99. The van der Waals surface area contributed by atoms with E-state index in [1.165, 1.54) is 11.8 Å². The van der Waals surface area contributed by atoms with E-state index in [0.717, 1.165) is 17.0 Å². The molecule has 0 radical (unpaired) electrons. The Kier molecular flexibility index (Phi) is 6.72. The van der Waals surface area contributed by atoms with Gasteiger partial charge in [0.05, 0.1) is 20.0 Å². The standard InChI is InChI=1S/C24H22N4O3S/c1-30-20-12-6-8-17(14-20)23-26-27-24(28(23)19-10-4-3-5-11-19)32-16-22(29)25-18-9-7-13-21(15-18)31-2/h3-15H,16H2,1-2H3,(H,25,29). The lowest BCUT2D eigenvalue weighted by Gasteiger charge is -2.11. The van der Waals surface area contributed by atoms with Gasteiger partial charge in [0, 0.05) is 23.0 Å². The first-order chi connectivity index (χ1) is 15.7. The molecule has 4 rings (SSSR count). The third kappa shape index (κ3) is 4.92. The molecule has 8 heteroatoms. The van der Waals surface area contributed by atoms with Crippen molar-refractivity contribution in [3.05, 3.63) is 78.9 Å². The molecule has 4 aromatic rings. The number of anilines is 1. The number of hydrogen-bond acceptors (Lipinski definition) is 6. The number of para-hydroxylation sites is 1. The van der Waals surface area contributed by atoms with Crippen molar-refractivity contribution >= 4 is 23.4 Å². The average Bonchev–Trinajstić information content (AvgIpc) is 3.27. The molecule has 0 aliphatic carbocycles. The number of ether oxygens (including phenoxy) is 2. The fraction of sp³-hybridized carbons (Fsp3) is 0.125. The van der Waals surface area contributed by atoms with E-state index in [2.05, 4.69) is 15.5 Å². The molecule has 3 aromatic carbocycles. The molecule has 0 fully saturated rings. The number of aromatic nitrogens is 3. The molecule has 0 saturated heterocycles. The summed E-state index contributed by atoms with van der Waals surface area (Å²) < 4.78 is 12.5. The van der Waals surface area contributed by atoms with Crippen LogP contribution in [0.15, 0.2) is 84.0 Å². The predicted molar refractivity (Wildman–Crippen MR) is 126 cm³/mol. The summed E-state index contributed by atoms with van der Waals surface area (Å²) in [5.74, 6) is 2.12. The fourth-order valence-electron chi connectivity index (χ4n) is 3.15. The van der Waals surface area contributed by atoms with E-state index < -0.39 is 0 Å². The molecule has 0 atom stereocenters. The van der Waals surface area contributed by atoms with E-state index in [1.54, 1.807) is 20.3 Å². The maximum absolute atomic E-state index is 12.5. The van der Waals surface area contributed by atoms with Gasteiger partial charge in [-0.1, -0.05) is 48.2 Å². The van der Waals surface area contributed by atoms with Gasteiger partial charge in [0.25, 0.3) is 0 Å². The predicted octanol–water partition coefficient (Wildman–Crippen LogP) is 4.68. The molecule has 1 N–H and O–H groups in total. The topological polar surface area (TPSA) is 78.3 Å². The summed E-state index contributed by atoms with van der Waals surface area (Å²) in [5, 5.41) is 12.3. The van der Waals surface area contributed by atoms with Crippen molar-refractivity contribution in [2.24, 2.45) is 0 Å². The van der Waals surface area contributed by atoms with Crippen molar-refractivity contribution in [2.45, 2.75) is 5.16 Å². The van der Waals surface area contributed by atoms with Gasteiger partial charge >= 0.3 is 0 Å². The van der Waals surface area contributed by atoms with Crippen LogP contribution in [0.1, 0.15) is 0 Å². The summed E-state index contributed by atoms with van der Waals surface area (Å²) in [5.41, 5.74) is 2.45. The average molecular weight is 447 g/mol. The minimum Gasteiger partial charge on any atom is -0.497 e. The summed E-state index contributed by atoms with van der Waals surface area (Å²) >= 11 is 1.32. The molecule has 0 bridgehead atoms. The van der Waals surface area contributed by atoms with Gasteiger partial charge in [-0.05, 0) is 36.4 Å². The van der Waals surface area contributed by atoms with Crippen LogP contribution in [-0.2, 0) is 4.79 Å². The number of carbonyl (C=O) groups is 1. The van der Waals surface area contributed by atoms with Crippen molar-refractivity contribution < 1.29 is 14.3 Å². The Morgan fingerprint density at radius 3 is 2.38 bits per heavy atom. The van der Waals surface area contributed by atoms with E-state index in [4.69, 9.17) is 9.47 Å². The summed E-state index contributed by atoms with van der Waals surface area (Å²) in [4.78, 5) is 12.5. The van der Waals surface area contributed by atoms with Gasteiger partial charge in [-0.15, -0.1) is 10.2 Å². The lowest BCUT2D eigenvalue weighted by Crippen LogP contribution is -2.14. The molecular weight excluding hydrogens is 424 g/mol. The Balaban J connectivity index is 1.58. The van der Waals surface area contributed by atoms with Crippen LogP contribution in [0.4, 0.5) is 5.69 Å². The van der Waals surface area contributed by atoms with E-state index in [1.807, 2.05) is 77.4 Å². The highest BCUT2D eigenvalue weighted by Crippen LogP contribution is 2.29. The monoisotopic (exact) mass is 446 g/mol. The zero-order valence-corrected chi connectivity index (χ0v) is 18.5.